The van der Waals surface area contributed by atoms with Gasteiger partial charge in [-0.2, -0.15) is 0 Å². The van der Waals surface area contributed by atoms with Crippen molar-refractivity contribution in [1.82, 2.24) is 5.32 Å². The fourth-order valence-corrected chi connectivity index (χ4v) is 1.99. The molecule has 1 aromatic carbocycles. The number of benzene rings is 1. The second-order valence-corrected chi connectivity index (χ2v) is 4.32. The molecule has 6 heteroatoms. The van der Waals surface area contributed by atoms with Gasteiger partial charge in [0.15, 0.2) is 0 Å². The highest BCUT2D eigenvalue weighted by Gasteiger charge is 2.23. The largest absolute Gasteiger partial charge is 0.465 e. The molecule has 1 fully saturated rings. The van der Waals surface area contributed by atoms with Crippen LogP contribution in [0.3, 0.4) is 0 Å². The number of nitrogens with one attached hydrogen (secondary N) is 2. The molecule has 1 aromatic rings. The third-order valence-electron chi connectivity index (χ3n) is 3.02. The molecule has 0 spiro atoms. The van der Waals surface area contributed by atoms with Crippen molar-refractivity contribution in [3.63, 3.8) is 0 Å². The molecule has 2 rings (SSSR count). The Morgan fingerprint density at radius 2 is 2.26 bits per heavy atom. The third-order valence-corrected chi connectivity index (χ3v) is 3.02. The van der Waals surface area contributed by atoms with E-state index in [-0.39, 0.29) is 23.2 Å². The Hall–Kier alpha value is -1.95. The summed E-state index contributed by atoms with van der Waals surface area (Å²) in [6.07, 6.45) is 1.65. The van der Waals surface area contributed by atoms with Crippen molar-refractivity contribution in [3.8, 4) is 0 Å². The van der Waals surface area contributed by atoms with Crippen LogP contribution in [0.25, 0.3) is 0 Å². The molecule has 1 unspecified atom stereocenters. The van der Waals surface area contributed by atoms with Crippen LogP contribution in [0.1, 0.15) is 23.2 Å². The number of halogens is 1. The van der Waals surface area contributed by atoms with Crippen molar-refractivity contribution in [2.75, 3.05) is 19.0 Å². The van der Waals surface area contributed by atoms with Gasteiger partial charge in [-0.1, -0.05) is 0 Å². The predicted molar refractivity (Wildman–Crippen MR) is 67.4 cm³/mol. The molecule has 1 atom stereocenters. The number of amides is 1. The predicted octanol–water partition coefficient (Wildman–Crippen LogP) is 1.30. The van der Waals surface area contributed by atoms with Crippen molar-refractivity contribution in [2.24, 2.45) is 0 Å². The first-order chi connectivity index (χ1) is 9.11. The fraction of sp³-hybridized carbons (Fsp3) is 0.385. The number of anilines is 1. The van der Waals surface area contributed by atoms with Crippen LogP contribution in [0.15, 0.2) is 18.2 Å². The van der Waals surface area contributed by atoms with Gasteiger partial charge in [-0.25, -0.2) is 9.18 Å². The minimum atomic E-state index is -0.584. The van der Waals surface area contributed by atoms with Gasteiger partial charge in [0.1, 0.15) is 5.82 Å². The lowest BCUT2D eigenvalue weighted by Crippen LogP contribution is -2.35. The van der Waals surface area contributed by atoms with Crippen LogP contribution in [0.4, 0.5) is 10.1 Å². The fourth-order valence-electron chi connectivity index (χ4n) is 1.99. The van der Waals surface area contributed by atoms with E-state index in [4.69, 9.17) is 0 Å². The van der Waals surface area contributed by atoms with Crippen LogP contribution in [-0.4, -0.2) is 31.6 Å². The van der Waals surface area contributed by atoms with Crippen LogP contribution in [0.2, 0.25) is 0 Å². The molecule has 19 heavy (non-hydrogen) atoms. The Morgan fingerprint density at radius 1 is 1.47 bits per heavy atom. The highest BCUT2D eigenvalue weighted by Crippen LogP contribution is 2.18. The van der Waals surface area contributed by atoms with Crippen LogP contribution in [0, 0.1) is 5.82 Å². The Balaban J connectivity index is 2.14. The average Bonchev–Trinajstić information content (AvgIpc) is 2.94. The lowest BCUT2D eigenvalue weighted by Gasteiger charge is -2.12. The topological polar surface area (TPSA) is 67.4 Å². The monoisotopic (exact) mass is 266 g/mol. The Bertz CT molecular complexity index is 499. The normalized spacial score (nSPS) is 18.1. The van der Waals surface area contributed by atoms with Crippen molar-refractivity contribution in [2.45, 2.75) is 18.9 Å². The van der Waals surface area contributed by atoms with E-state index in [1.807, 2.05) is 0 Å². The van der Waals surface area contributed by atoms with Crippen LogP contribution < -0.4 is 10.6 Å². The SMILES string of the molecule is COC(=O)c1ccc(F)c(NC(=O)C2CCCN2)c1. The number of methoxy groups -OCH3 is 1. The van der Waals surface area contributed by atoms with Gasteiger partial charge in [-0.15, -0.1) is 0 Å². The van der Waals surface area contributed by atoms with Crippen molar-refractivity contribution < 1.29 is 18.7 Å². The second-order valence-electron chi connectivity index (χ2n) is 4.32. The molecule has 0 bridgehead atoms. The third kappa shape index (κ3) is 3.08. The Labute approximate surface area is 110 Å². The summed E-state index contributed by atoms with van der Waals surface area (Å²) in [6.45, 7) is 0.781. The minimum Gasteiger partial charge on any atom is -0.465 e. The molecule has 2 N–H and O–H groups in total. The molecule has 1 aliphatic rings. The van der Waals surface area contributed by atoms with Crippen LogP contribution >= 0.6 is 0 Å². The molecule has 0 aromatic heterocycles. The van der Waals surface area contributed by atoms with E-state index >= 15 is 0 Å². The zero-order valence-electron chi connectivity index (χ0n) is 10.5. The van der Waals surface area contributed by atoms with E-state index in [0.29, 0.717) is 0 Å². The first-order valence-corrected chi connectivity index (χ1v) is 6.04. The summed E-state index contributed by atoms with van der Waals surface area (Å²) in [5, 5.41) is 5.51. The summed E-state index contributed by atoms with van der Waals surface area (Å²) in [4.78, 5) is 23.2. The maximum absolute atomic E-state index is 13.6. The number of hydrogen-bond acceptors (Lipinski definition) is 4. The summed E-state index contributed by atoms with van der Waals surface area (Å²) in [6, 6.07) is 3.41. The number of esters is 1. The highest BCUT2D eigenvalue weighted by atomic mass is 19.1. The average molecular weight is 266 g/mol. The number of hydrogen-bond donors (Lipinski definition) is 2. The zero-order chi connectivity index (χ0) is 13.8. The summed E-state index contributed by atoms with van der Waals surface area (Å²) < 4.78 is 18.1. The number of rotatable bonds is 3. The molecule has 1 aliphatic heterocycles. The molecular weight excluding hydrogens is 251 g/mol. The van der Waals surface area contributed by atoms with E-state index in [1.54, 1.807) is 0 Å². The first-order valence-electron chi connectivity index (χ1n) is 6.04. The maximum atomic E-state index is 13.6. The molecule has 1 saturated heterocycles. The number of ether oxygens (including phenoxy) is 1. The summed E-state index contributed by atoms with van der Waals surface area (Å²) in [5.74, 6) is -1.45. The summed E-state index contributed by atoms with van der Waals surface area (Å²) in [5.41, 5.74) is 0.181. The van der Waals surface area contributed by atoms with Gasteiger partial charge < -0.3 is 15.4 Å². The molecule has 0 saturated carbocycles. The molecule has 102 valence electrons. The van der Waals surface area contributed by atoms with Gasteiger partial charge in [0.2, 0.25) is 5.91 Å². The van der Waals surface area contributed by atoms with Crippen molar-refractivity contribution in [3.05, 3.63) is 29.6 Å². The first kappa shape index (κ1) is 13.5. The molecular formula is C13H15FN2O3. The lowest BCUT2D eigenvalue weighted by atomic mass is 10.1. The van der Waals surface area contributed by atoms with E-state index in [9.17, 15) is 14.0 Å². The molecule has 1 heterocycles. The Morgan fingerprint density at radius 3 is 2.89 bits per heavy atom. The van der Waals surface area contributed by atoms with E-state index in [1.165, 1.54) is 19.2 Å². The minimum absolute atomic E-state index is 0.0124. The molecule has 0 radical (unpaired) electrons. The molecule has 5 nitrogen and oxygen atoms in total. The Kier molecular flexibility index (Phi) is 4.11. The van der Waals surface area contributed by atoms with E-state index < -0.39 is 11.8 Å². The standard InChI is InChI=1S/C13H15FN2O3/c1-19-13(18)8-4-5-9(14)11(7-8)16-12(17)10-3-2-6-15-10/h4-5,7,10,15H,2-3,6H2,1H3,(H,16,17). The van der Waals surface area contributed by atoms with Crippen LogP contribution in [-0.2, 0) is 9.53 Å². The quantitative estimate of drug-likeness (QED) is 0.809. The van der Waals surface area contributed by atoms with Crippen molar-refractivity contribution >= 4 is 17.6 Å². The highest BCUT2D eigenvalue weighted by molar-refractivity contribution is 5.97. The summed E-state index contributed by atoms with van der Waals surface area (Å²) >= 11 is 0. The number of carbonyl (C=O) groups is 2. The van der Waals surface area contributed by atoms with Gasteiger partial charge in [-0.05, 0) is 37.6 Å². The smallest absolute Gasteiger partial charge is 0.337 e. The molecule has 1 amide bonds. The van der Waals surface area contributed by atoms with Gasteiger partial charge in [0.05, 0.1) is 24.4 Å². The lowest BCUT2D eigenvalue weighted by molar-refractivity contribution is -0.117. The maximum Gasteiger partial charge on any atom is 0.337 e. The van der Waals surface area contributed by atoms with E-state index in [0.717, 1.165) is 25.5 Å². The second kappa shape index (κ2) is 5.79. The zero-order valence-corrected chi connectivity index (χ0v) is 10.5. The number of carbonyl (C=O) groups excluding carboxylic acids is 2. The van der Waals surface area contributed by atoms with Gasteiger partial charge in [0.25, 0.3) is 0 Å². The van der Waals surface area contributed by atoms with E-state index in [2.05, 4.69) is 15.4 Å². The summed E-state index contributed by atoms with van der Waals surface area (Å²) in [7, 11) is 1.24. The van der Waals surface area contributed by atoms with Gasteiger partial charge in [0, 0.05) is 0 Å². The van der Waals surface area contributed by atoms with Gasteiger partial charge >= 0.3 is 5.97 Å². The van der Waals surface area contributed by atoms with Crippen molar-refractivity contribution in [1.29, 1.82) is 0 Å². The molecule has 0 aliphatic carbocycles. The van der Waals surface area contributed by atoms with Gasteiger partial charge in [-0.3, -0.25) is 4.79 Å². The van der Waals surface area contributed by atoms with Crippen LogP contribution in [0.5, 0.6) is 0 Å².